The van der Waals surface area contributed by atoms with E-state index in [4.69, 9.17) is 12.2 Å². The molecule has 1 N–H and O–H groups in total. The second-order valence-electron chi connectivity index (χ2n) is 5.51. The maximum absolute atomic E-state index is 5.31. The third-order valence-corrected chi connectivity index (χ3v) is 4.58. The van der Waals surface area contributed by atoms with Crippen LogP contribution >= 0.6 is 12.2 Å². The summed E-state index contributed by atoms with van der Waals surface area (Å²) in [5.41, 5.74) is 0.609. The van der Waals surface area contributed by atoms with Crippen molar-refractivity contribution in [2.24, 2.45) is 10.8 Å². The van der Waals surface area contributed by atoms with Gasteiger partial charge in [0.25, 0.3) is 0 Å². The summed E-state index contributed by atoms with van der Waals surface area (Å²) in [6, 6.07) is 0.478. The molecule has 0 amide bonds. The molecule has 4 heteroatoms. The first-order valence-electron chi connectivity index (χ1n) is 5.49. The van der Waals surface area contributed by atoms with Gasteiger partial charge in [-0.05, 0) is 23.0 Å². The van der Waals surface area contributed by atoms with Crippen LogP contribution < -0.4 is 0 Å². The Bertz CT molecular complexity index is 425. The smallest absolute Gasteiger partial charge is 0.195 e. The van der Waals surface area contributed by atoms with Crippen LogP contribution in [0.3, 0.4) is 0 Å². The average Bonchev–Trinajstić information content (AvgIpc) is 2.46. The largest absolute Gasteiger partial charge is 0.300 e. The van der Waals surface area contributed by atoms with E-state index >= 15 is 0 Å². The van der Waals surface area contributed by atoms with E-state index in [9.17, 15) is 0 Å². The Hall–Kier alpha value is -0.640. The van der Waals surface area contributed by atoms with Crippen molar-refractivity contribution in [1.82, 2.24) is 14.8 Å². The van der Waals surface area contributed by atoms with Crippen LogP contribution in [0.2, 0.25) is 0 Å². The van der Waals surface area contributed by atoms with Crippen LogP contribution in [0.1, 0.15) is 46.5 Å². The standard InChI is InChI=1S/C11H19N3S/c1-6-7-12-13-9(15)14(7)8-10(2,3)11(8,4)5/h8H,6H2,1-5H3,(H,13,15). The zero-order valence-electron chi connectivity index (χ0n) is 10.1. The molecule has 0 atom stereocenters. The molecule has 0 unspecified atom stereocenters. The van der Waals surface area contributed by atoms with Gasteiger partial charge in [0.05, 0.1) is 0 Å². The van der Waals surface area contributed by atoms with Gasteiger partial charge in [0.2, 0.25) is 0 Å². The second kappa shape index (κ2) is 2.94. The fraction of sp³-hybridized carbons (Fsp3) is 0.818. The van der Waals surface area contributed by atoms with Gasteiger partial charge >= 0.3 is 0 Å². The first-order chi connectivity index (χ1) is 6.84. The number of hydrogen-bond acceptors (Lipinski definition) is 2. The Balaban J connectivity index is 2.49. The number of nitrogens with zero attached hydrogens (tertiary/aromatic N) is 2. The second-order valence-corrected chi connectivity index (χ2v) is 5.90. The zero-order valence-corrected chi connectivity index (χ0v) is 10.9. The molecule has 0 bridgehead atoms. The summed E-state index contributed by atoms with van der Waals surface area (Å²) in [7, 11) is 0. The van der Waals surface area contributed by atoms with Gasteiger partial charge < -0.3 is 0 Å². The Kier molecular flexibility index (Phi) is 2.13. The number of rotatable bonds is 2. The van der Waals surface area contributed by atoms with Crippen molar-refractivity contribution >= 4 is 12.2 Å². The lowest BCUT2D eigenvalue weighted by Crippen LogP contribution is -2.05. The molecular formula is C11H19N3S. The Labute approximate surface area is 95.9 Å². The van der Waals surface area contributed by atoms with Crippen LogP contribution in [0.5, 0.6) is 0 Å². The molecule has 0 radical (unpaired) electrons. The minimum atomic E-state index is 0.305. The summed E-state index contributed by atoms with van der Waals surface area (Å²) in [5, 5.41) is 7.17. The third kappa shape index (κ3) is 1.24. The van der Waals surface area contributed by atoms with Crippen LogP contribution in [-0.2, 0) is 6.42 Å². The lowest BCUT2D eigenvalue weighted by Gasteiger charge is -2.06. The van der Waals surface area contributed by atoms with Gasteiger partial charge in [-0.2, -0.15) is 5.10 Å². The molecule has 1 aliphatic rings. The number of nitrogens with one attached hydrogen (secondary N) is 1. The number of aryl methyl sites for hydroxylation is 1. The van der Waals surface area contributed by atoms with Crippen LogP contribution in [0.4, 0.5) is 0 Å². The Morgan fingerprint density at radius 3 is 2.27 bits per heavy atom. The van der Waals surface area contributed by atoms with Crippen molar-refractivity contribution in [3.8, 4) is 0 Å². The Morgan fingerprint density at radius 2 is 1.87 bits per heavy atom. The molecule has 0 spiro atoms. The van der Waals surface area contributed by atoms with Gasteiger partial charge in [0.1, 0.15) is 5.82 Å². The average molecular weight is 225 g/mol. The highest BCUT2D eigenvalue weighted by Gasteiger charge is 2.66. The molecule has 1 aromatic heterocycles. The summed E-state index contributed by atoms with van der Waals surface area (Å²) in [5.74, 6) is 1.07. The fourth-order valence-electron chi connectivity index (χ4n) is 2.66. The molecule has 15 heavy (non-hydrogen) atoms. The van der Waals surface area contributed by atoms with Gasteiger partial charge in [-0.3, -0.25) is 9.67 Å². The topological polar surface area (TPSA) is 33.6 Å². The quantitative estimate of drug-likeness (QED) is 0.785. The van der Waals surface area contributed by atoms with E-state index < -0.39 is 0 Å². The summed E-state index contributed by atoms with van der Waals surface area (Å²) >= 11 is 5.31. The maximum atomic E-state index is 5.31. The van der Waals surface area contributed by atoms with E-state index in [2.05, 4.69) is 49.4 Å². The first kappa shape index (κ1) is 10.9. The van der Waals surface area contributed by atoms with Crippen LogP contribution in [0.25, 0.3) is 0 Å². The third-order valence-electron chi connectivity index (χ3n) is 4.30. The van der Waals surface area contributed by atoms with E-state index in [1.54, 1.807) is 0 Å². The molecule has 3 nitrogen and oxygen atoms in total. The molecule has 84 valence electrons. The summed E-state index contributed by atoms with van der Waals surface area (Å²) in [6.45, 7) is 11.3. The van der Waals surface area contributed by atoms with Gasteiger partial charge in [-0.25, -0.2) is 0 Å². The fourth-order valence-corrected chi connectivity index (χ4v) is 2.92. The molecule has 1 saturated carbocycles. The highest BCUT2D eigenvalue weighted by atomic mass is 32.1. The predicted molar refractivity (Wildman–Crippen MR) is 63.4 cm³/mol. The molecular weight excluding hydrogens is 206 g/mol. The van der Waals surface area contributed by atoms with E-state index in [1.165, 1.54) is 0 Å². The molecule has 0 aromatic carbocycles. The van der Waals surface area contributed by atoms with Crippen molar-refractivity contribution in [1.29, 1.82) is 0 Å². The van der Waals surface area contributed by atoms with Gasteiger partial charge in [-0.15, -0.1) is 0 Å². The van der Waals surface area contributed by atoms with Gasteiger partial charge in [0.15, 0.2) is 4.77 Å². The summed E-state index contributed by atoms with van der Waals surface area (Å²) in [4.78, 5) is 0. The predicted octanol–water partition coefficient (Wildman–Crippen LogP) is 3.11. The van der Waals surface area contributed by atoms with E-state index in [-0.39, 0.29) is 0 Å². The van der Waals surface area contributed by atoms with Crippen molar-refractivity contribution in [3.05, 3.63) is 10.6 Å². The molecule has 0 aliphatic heterocycles. The van der Waals surface area contributed by atoms with E-state index in [0.717, 1.165) is 17.0 Å². The number of hydrogen-bond donors (Lipinski definition) is 1. The molecule has 1 aliphatic carbocycles. The number of H-pyrrole nitrogens is 1. The minimum Gasteiger partial charge on any atom is -0.300 e. The van der Waals surface area contributed by atoms with Gasteiger partial charge in [0, 0.05) is 12.5 Å². The first-order valence-corrected chi connectivity index (χ1v) is 5.90. The van der Waals surface area contributed by atoms with Crippen molar-refractivity contribution in [3.63, 3.8) is 0 Å². The molecule has 1 aromatic rings. The lowest BCUT2D eigenvalue weighted by atomic mass is 10.0. The van der Waals surface area contributed by atoms with E-state index in [1.807, 2.05) is 0 Å². The van der Waals surface area contributed by atoms with Crippen molar-refractivity contribution in [2.75, 3.05) is 0 Å². The Morgan fingerprint density at radius 1 is 1.33 bits per heavy atom. The maximum Gasteiger partial charge on any atom is 0.195 e. The SMILES string of the molecule is CCc1n[nH]c(=S)n1C1C(C)(C)C1(C)C. The van der Waals surface area contributed by atoms with Crippen LogP contribution in [0.15, 0.2) is 0 Å². The monoisotopic (exact) mass is 225 g/mol. The van der Waals surface area contributed by atoms with Crippen LogP contribution in [-0.4, -0.2) is 14.8 Å². The molecule has 0 saturated heterocycles. The summed E-state index contributed by atoms with van der Waals surface area (Å²) in [6.07, 6.45) is 0.926. The van der Waals surface area contributed by atoms with Crippen molar-refractivity contribution in [2.45, 2.75) is 47.1 Å². The van der Waals surface area contributed by atoms with Crippen molar-refractivity contribution < 1.29 is 0 Å². The molecule has 2 rings (SSSR count). The molecule has 1 fully saturated rings. The highest BCUT2D eigenvalue weighted by molar-refractivity contribution is 7.71. The minimum absolute atomic E-state index is 0.305. The normalized spacial score (nSPS) is 23.0. The van der Waals surface area contributed by atoms with E-state index in [0.29, 0.717) is 16.9 Å². The summed E-state index contributed by atoms with van der Waals surface area (Å²) < 4.78 is 2.96. The zero-order chi connectivity index (χ0) is 11.4. The number of aromatic nitrogens is 3. The van der Waals surface area contributed by atoms with Crippen LogP contribution in [0, 0.1) is 15.6 Å². The number of aromatic amines is 1. The lowest BCUT2D eigenvalue weighted by molar-refractivity contribution is 0.457. The highest BCUT2D eigenvalue weighted by Crippen LogP contribution is 2.71. The van der Waals surface area contributed by atoms with Gasteiger partial charge in [-0.1, -0.05) is 34.6 Å². The molecule has 1 heterocycles.